The molecule has 0 bridgehead atoms. The van der Waals surface area contributed by atoms with Crippen molar-refractivity contribution < 1.29 is 5.11 Å². The van der Waals surface area contributed by atoms with E-state index in [2.05, 4.69) is 17.5 Å². The summed E-state index contributed by atoms with van der Waals surface area (Å²) in [5, 5.41) is 12.7. The molecule has 64 valence electrons. The molecule has 0 spiro atoms. The van der Waals surface area contributed by atoms with E-state index in [1.165, 1.54) is 0 Å². The molecule has 0 amide bonds. The Morgan fingerprint density at radius 3 is 2.45 bits per heavy atom. The van der Waals surface area contributed by atoms with Crippen molar-refractivity contribution in [3.05, 3.63) is 12.2 Å². The van der Waals surface area contributed by atoms with Crippen LogP contribution < -0.4 is 5.32 Å². The zero-order valence-corrected chi connectivity index (χ0v) is 7.30. The third-order valence-corrected chi connectivity index (χ3v) is 1.83. The van der Waals surface area contributed by atoms with Crippen molar-refractivity contribution in [3.8, 4) is 0 Å². The molecule has 2 N–H and O–H groups in total. The summed E-state index contributed by atoms with van der Waals surface area (Å²) in [4.78, 5) is 0. The zero-order valence-electron chi connectivity index (χ0n) is 7.30. The normalized spacial score (nSPS) is 19.5. The highest BCUT2D eigenvalue weighted by atomic mass is 16.3. The molecular formula is C9H17NO. The van der Waals surface area contributed by atoms with Gasteiger partial charge >= 0.3 is 0 Å². The average molecular weight is 155 g/mol. The zero-order chi connectivity index (χ0) is 8.32. The first-order valence-electron chi connectivity index (χ1n) is 4.19. The van der Waals surface area contributed by atoms with Gasteiger partial charge in [-0.2, -0.15) is 0 Å². The fourth-order valence-electron chi connectivity index (χ4n) is 1.18. The van der Waals surface area contributed by atoms with E-state index in [0.29, 0.717) is 12.6 Å². The summed E-state index contributed by atoms with van der Waals surface area (Å²) in [6, 6.07) is 0.557. The van der Waals surface area contributed by atoms with Gasteiger partial charge in [-0.15, -0.1) is 0 Å². The second-order valence-corrected chi connectivity index (χ2v) is 3.83. The van der Waals surface area contributed by atoms with E-state index in [1.807, 2.05) is 13.8 Å². The number of nitrogens with one attached hydrogen (secondary N) is 1. The van der Waals surface area contributed by atoms with E-state index < -0.39 is 5.60 Å². The second kappa shape index (κ2) is 3.37. The molecule has 1 aliphatic rings. The van der Waals surface area contributed by atoms with Gasteiger partial charge in [0.15, 0.2) is 0 Å². The van der Waals surface area contributed by atoms with Crippen molar-refractivity contribution in [1.82, 2.24) is 5.32 Å². The van der Waals surface area contributed by atoms with Crippen molar-refractivity contribution in [2.24, 2.45) is 0 Å². The minimum atomic E-state index is -0.581. The highest BCUT2D eigenvalue weighted by Crippen LogP contribution is 2.10. The van der Waals surface area contributed by atoms with Crippen LogP contribution in [0.15, 0.2) is 12.2 Å². The third-order valence-electron chi connectivity index (χ3n) is 1.83. The summed E-state index contributed by atoms with van der Waals surface area (Å²) < 4.78 is 0. The smallest absolute Gasteiger partial charge is 0.0715 e. The average Bonchev–Trinajstić information content (AvgIpc) is 2.32. The molecule has 0 heterocycles. The largest absolute Gasteiger partial charge is 0.389 e. The summed E-state index contributed by atoms with van der Waals surface area (Å²) in [6.07, 6.45) is 6.58. The summed E-state index contributed by atoms with van der Waals surface area (Å²) in [5.41, 5.74) is -0.581. The van der Waals surface area contributed by atoms with E-state index in [1.54, 1.807) is 0 Å². The van der Waals surface area contributed by atoms with Gasteiger partial charge in [-0.05, 0) is 26.7 Å². The Hall–Kier alpha value is -0.340. The van der Waals surface area contributed by atoms with Gasteiger partial charge < -0.3 is 10.4 Å². The molecule has 1 rings (SSSR count). The lowest BCUT2D eigenvalue weighted by atomic mass is 10.1. The van der Waals surface area contributed by atoms with Crippen LogP contribution in [0.2, 0.25) is 0 Å². The van der Waals surface area contributed by atoms with Gasteiger partial charge in [0.1, 0.15) is 0 Å². The van der Waals surface area contributed by atoms with Crippen molar-refractivity contribution in [2.75, 3.05) is 6.54 Å². The molecule has 0 radical (unpaired) electrons. The van der Waals surface area contributed by atoms with Crippen LogP contribution in [0, 0.1) is 0 Å². The van der Waals surface area contributed by atoms with E-state index in [-0.39, 0.29) is 0 Å². The lowest BCUT2D eigenvalue weighted by Crippen LogP contribution is -2.39. The molecule has 0 saturated carbocycles. The first-order valence-corrected chi connectivity index (χ1v) is 4.19. The summed E-state index contributed by atoms with van der Waals surface area (Å²) in [5.74, 6) is 0. The second-order valence-electron chi connectivity index (χ2n) is 3.83. The Labute approximate surface area is 68.3 Å². The van der Waals surface area contributed by atoms with Crippen LogP contribution in [-0.2, 0) is 0 Å². The van der Waals surface area contributed by atoms with Gasteiger partial charge in [0, 0.05) is 12.6 Å². The molecule has 0 aliphatic heterocycles. The maximum Gasteiger partial charge on any atom is 0.0715 e. The van der Waals surface area contributed by atoms with Crippen molar-refractivity contribution >= 4 is 0 Å². The quantitative estimate of drug-likeness (QED) is 0.597. The Morgan fingerprint density at radius 2 is 2.00 bits per heavy atom. The highest BCUT2D eigenvalue weighted by molar-refractivity contribution is 4.98. The van der Waals surface area contributed by atoms with Crippen LogP contribution in [0.25, 0.3) is 0 Å². The predicted octanol–water partition coefficient (Wildman–Crippen LogP) is 1.07. The molecule has 0 fully saturated rings. The molecule has 2 heteroatoms. The number of rotatable bonds is 3. The molecule has 0 saturated heterocycles. The number of aliphatic hydroxyl groups is 1. The lowest BCUT2D eigenvalue weighted by Gasteiger charge is -2.21. The van der Waals surface area contributed by atoms with Gasteiger partial charge in [-0.1, -0.05) is 12.2 Å². The molecule has 1 aliphatic carbocycles. The highest BCUT2D eigenvalue weighted by Gasteiger charge is 2.15. The Bertz CT molecular complexity index is 138. The van der Waals surface area contributed by atoms with E-state index in [4.69, 9.17) is 0 Å². The molecular weight excluding hydrogens is 138 g/mol. The first-order chi connectivity index (χ1) is 5.08. The molecule has 0 aromatic carbocycles. The summed E-state index contributed by atoms with van der Waals surface area (Å²) >= 11 is 0. The summed E-state index contributed by atoms with van der Waals surface area (Å²) in [7, 11) is 0. The maximum absolute atomic E-state index is 9.40. The third kappa shape index (κ3) is 3.54. The van der Waals surface area contributed by atoms with Gasteiger partial charge in [0.05, 0.1) is 5.60 Å². The predicted molar refractivity (Wildman–Crippen MR) is 46.5 cm³/mol. The Kier molecular flexibility index (Phi) is 2.68. The van der Waals surface area contributed by atoms with Gasteiger partial charge in [0.2, 0.25) is 0 Å². The lowest BCUT2D eigenvalue weighted by molar-refractivity contribution is 0.0768. The van der Waals surface area contributed by atoms with Crippen LogP contribution in [0.4, 0.5) is 0 Å². The van der Waals surface area contributed by atoms with E-state index in [0.717, 1.165) is 12.8 Å². The van der Waals surface area contributed by atoms with Crippen LogP contribution in [0.1, 0.15) is 26.7 Å². The van der Waals surface area contributed by atoms with Gasteiger partial charge in [-0.25, -0.2) is 0 Å². The number of hydrogen-bond donors (Lipinski definition) is 2. The molecule has 0 unspecified atom stereocenters. The molecule has 11 heavy (non-hydrogen) atoms. The minimum absolute atomic E-state index is 0.557. The topological polar surface area (TPSA) is 32.3 Å². The SMILES string of the molecule is CC(C)(O)CNC1CC=CC1. The molecule has 2 nitrogen and oxygen atoms in total. The summed E-state index contributed by atoms with van der Waals surface area (Å²) in [6.45, 7) is 4.32. The van der Waals surface area contributed by atoms with E-state index in [9.17, 15) is 5.11 Å². The minimum Gasteiger partial charge on any atom is -0.389 e. The molecule has 0 aromatic heterocycles. The van der Waals surface area contributed by atoms with Crippen LogP contribution in [-0.4, -0.2) is 23.3 Å². The van der Waals surface area contributed by atoms with E-state index >= 15 is 0 Å². The molecule has 0 atom stereocenters. The standard InChI is InChI=1S/C9H17NO/c1-9(2,11)7-10-8-5-3-4-6-8/h3-4,8,10-11H,5-7H2,1-2H3. The van der Waals surface area contributed by atoms with Gasteiger partial charge in [0.25, 0.3) is 0 Å². The van der Waals surface area contributed by atoms with Gasteiger partial charge in [-0.3, -0.25) is 0 Å². The Morgan fingerprint density at radius 1 is 1.45 bits per heavy atom. The van der Waals surface area contributed by atoms with Crippen molar-refractivity contribution in [1.29, 1.82) is 0 Å². The molecule has 0 aromatic rings. The van der Waals surface area contributed by atoms with Crippen LogP contribution in [0.5, 0.6) is 0 Å². The van der Waals surface area contributed by atoms with Crippen LogP contribution >= 0.6 is 0 Å². The monoisotopic (exact) mass is 155 g/mol. The fourth-order valence-corrected chi connectivity index (χ4v) is 1.18. The maximum atomic E-state index is 9.40. The van der Waals surface area contributed by atoms with Crippen molar-refractivity contribution in [2.45, 2.75) is 38.3 Å². The fraction of sp³-hybridized carbons (Fsp3) is 0.778. The first kappa shape index (κ1) is 8.75. The number of hydrogen-bond acceptors (Lipinski definition) is 2. The Balaban J connectivity index is 2.13. The van der Waals surface area contributed by atoms with Crippen molar-refractivity contribution in [3.63, 3.8) is 0 Å². The van der Waals surface area contributed by atoms with Crippen LogP contribution in [0.3, 0.4) is 0 Å².